The van der Waals surface area contributed by atoms with Gasteiger partial charge in [0.25, 0.3) is 0 Å². The Kier molecular flexibility index (Phi) is 2.54. The molecule has 0 spiro atoms. The van der Waals surface area contributed by atoms with Gasteiger partial charge in [0.2, 0.25) is 0 Å². The third-order valence-electron chi connectivity index (χ3n) is 2.15. The molecule has 1 aromatic carbocycles. The zero-order valence-electron chi connectivity index (χ0n) is 7.37. The van der Waals surface area contributed by atoms with Crippen molar-refractivity contribution in [3.63, 3.8) is 0 Å². The number of nitrogens with one attached hydrogen (secondary N) is 1. The topological polar surface area (TPSA) is 74.9 Å². The second-order valence-electron chi connectivity index (χ2n) is 3.13. The van der Waals surface area contributed by atoms with Crippen molar-refractivity contribution in [1.29, 1.82) is 0 Å². The first-order valence-corrected chi connectivity index (χ1v) is 5.00. The standard InChI is InChI=1S/C9H10BrN3O/c10-7-2-5(8(11)4-14)1-6-3-12-13-9(6)7/h1-3,8,14H,4,11H2,(H,12,13). The van der Waals surface area contributed by atoms with Crippen LogP contribution in [0.25, 0.3) is 10.9 Å². The van der Waals surface area contributed by atoms with Gasteiger partial charge in [0.05, 0.1) is 24.4 Å². The molecule has 5 heteroatoms. The monoisotopic (exact) mass is 255 g/mol. The van der Waals surface area contributed by atoms with Crippen molar-refractivity contribution in [3.05, 3.63) is 28.4 Å². The summed E-state index contributed by atoms with van der Waals surface area (Å²) in [5.41, 5.74) is 7.56. The van der Waals surface area contributed by atoms with Gasteiger partial charge in [0, 0.05) is 9.86 Å². The fraction of sp³-hybridized carbons (Fsp3) is 0.222. The second kappa shape index (κ2) is 3.68. The zero-order chi connectivity index (χ0) is 10.1. The van der Waals surface area contributed by atoms with E-state index in [9.17, 15) is 0 Å². The highest BCUT2D eigenvalue weighted by atomic mass is 79.9. The van der Waals surface area contributed by atoms with Gasteiger partial charge in [-0.05, 0) is 33.6 Å². The molecule has 1 aromatic heterocycles. The van der Waals surface area contributed by atoms with Gasteiger partial charge in [-0.1, -0.05) is 0 Å². The lowest BCUT2D eigenvalue weighted by Gasteiger charge is -2.08. The van der Waals surface area contributed by atoms with Crippen LogP contribution in [0.2, 0.25) is 0 Å². The van der Waals surface area contributed by atoms with Crippen LogP contribution in [0.1, 0.15) is 11.6 Å². The van der Waals surface area contributed by atoms with Crippen LogP contribution in [-0.4, -0.2) is 21.9 Å². The predicted octanol–water partition coefficient (Wildman–Crippen LogP) is 1.32. The van der Waals surface area contributed by atoms with Crippen molar-refractivity contribution in [2.24, 2.45) is 5.73 Å². The minimum Gasteiger partial charge on any atom is -0.394 e. The summed E-state index contributed by atoms with van der Waals surface area (Å²) in [6.45, 7) is -0.0597. The molecule has 1 heterocycles. The Morgan fingerprint density at radius 2 is 2.36 bits per heavy atom. The summed E-state index contributed by atoms with van der Waals surface area (Å²) in [7, 11) is 0. The van der Waals surface area contributed by atoms with Gasteiger partial charge < -0.3 is 10.8 Å². The SMILES string of the molecule is NC(CO)c1cc(Br)c2[nH]ncc2c1. The number of aliphatic hydroxyl groups is 1. The van der Waals surface area contributed by atoms with Crippen LogP contribution in [0.5, 0.6) is 0 Å². The lowest BCUT2D eigenvalue weighted by molar-refractivity contribution is 0.268. The van der Waals surface area contributed by atoms with Crippen LogP contribution in [0.15, 0.2) is 22.8 Å². The quantitative estimate of drug-likeness (QED) is 0.758. The molecule has 0 fully saturated rings. The van der Waals surface area contributed by atoms with E-state index in [0.29, 0.717) is 0 Å². The summed E-state index contributed by atoms with van der Waals surface area (Å²) in [6, 6.07) is 3.47. The summed E-state index contributed by atoms with van der Waals surface area (Å²) >= 11 is 3.42. The first-order valence-electron chi connectivity index (χ1n) is 4.21. The number of hydrogen-bond donors (Lipinski definition) is 3. The molecule has 0 aliphatic carbocycles. The normalized spacial score (nSPS) is 13.4. The van der Waals surface area contributed by atoms with Crippen LogP contribution in [0.3, 0.4) is 0 Å². The predicted molar refractivity (Wildman–Crippen MR) is 57.8 cm³/mol. The summed E-state index contributed by atoms with van der Waals surface area (Å²) in [5, 5.41) is 16.7. The second-order valence-corrected chi connectivity index (χ2v) is 3.98. The number of aromatic amines is 1. The third kappa shape index (κ3) is 1.54. The molecule has 4 nitrogen and oxygen atoms in total. The minimum atomic E-state index is -0.342. The molecule has 1 atom stereocenters. The molecule has 0 radical (unpaired) electrons. The first kappa shape index (κ1) is 9.64. The van der Waals surface area contributed by atoms with Gasteiger partial charge in [0.15, 0.2) is 0 Å². The highest BCUT2D eigenvalue weighted by Gasteiger charge is 2.08. The van der Waals surface area contributed by atoms with Gasteiger partial charge in [-0.3, -0.25) is 5.10 Å². The lowest BCUT2D eigenvalue weighted by Crippen LogP contribution is -2.14. The number of fused-ring (bicyclic) bond motifs is 1. The van der Waals surface area contributed by atoms with Crippen molar-refractivity contribution in [2.45, 2.75) is 6.04 Å². The van der Waals surface area contributed by atoms with Crippen molar-refractivity contribution in [2.75, 3.05) is 6.61 Å². The van der Waals surface area contributed by atoms with Gasteiger partial charge >= 0.3 is 0 Å². The fourth-order valence-corrected chi connectivity index (χ4v) is 1.94. The number of benzene rings is 1. The van der Waals surface area contributed by atoms with E-state index < -0.39 is 0 Å². The number of rotatable bonds is 2. The Hall–Kier alpha value is -0.910. The molecule has 0 saturated carbocycles. The van der Waals surface area contributed by atoms with Gasteiger partial charge in [-0.25, -0.2) is 0 Å². The van der Waals surface area contributed by atoms with E-state index in [1.165, 1.54) is 0 Å². The smallest absolute Gasteiger partial charge is 0.0792 e. The summed E-state index contributed by atoms with van der Waals surface area (Å²) in [4.78, 5) is 0. The first-order chi connectivity index (χ1) is 6.72. The Morgan fingerprint density at radius 1 is 1.57 bits per heavy atom. The van der Waals surface area contributed by atoms with Crippen molar-refractivity contribution in [3.8, 4) is 0 Å². The lowest BCUT2D eigenvalue weighted by atomic mass is 10.1. The molecule has 2 rings (SSSR count). The molecule has 0 bridgehead atoms. The Bertz CT molecular complexity index is 454. The Balaban J connectivity index is 2.58. The van der Waals surface area contributed by atoms with Gasteiger partial charge in [0.1, 0.15) is 0 Å². The molecular formula is C9H10BrN3O. The maximum Gasteiger partial charge on any atom is 0.0792 e. The van der Waals surface area contributed by atoms with E-state index in [-0.39, 0.29) is 12.6 Å². The molecule has 0 aliphatic rings. The molecular weight excluding hydrogens is 246 g/mol. The van der Waals surface area contributed by atoms with Crippen molar-refractivity contribution in [1.82, 2.24) is 10.2 Å². The number of aromatic nitrogens is 2. The minimum absolute atomic E-state index is 0.0597. The van der Waals surface area contributed by atoms with E-state index in [0.717, 1.165) is 20.9 Å². The molecule has 14 heavy (non-hydrogen) atoms. The largest absolute Gasteiger partial charge is 0.394 e. The fourth-order valence-electron chi connectivity index (χ4n) is 1.36. The van der Waals surface area contributed by atoms with Crippen molar-refractivity contribution >= 4 is 26.8 Å². The van der Waals surface area contributed by atoms with Crippen LogP contribution in [-0.2, 0) is 0 Å². The van der Waals surface area contributed by atoms with E-state index in [1.54, 1.807) is 6.20 Å². The number of aliphatic hydroxyl groups excluding tert-OH is 1. The average molecular weight is 256 g/mol. The maximum absolute atomic E-state index is 8.94. The molecule has 4 N–H and O–H groups in total. The highest BCUT2D eigenvalue weighted by molar-refractivity contribution is 9.10. The number of nitrogens with two attached hydrogens (primary N) is 1. The highest BCUT2D eigenvalue weighted by Crippen LogP contribution is 2.25. The van der Waals surface area contributed by atoms with Crippen molar-refractivity contribution < 1.29 is 5.11 Å². The van der Waals surface area contributed by atoms with Crippen LogP contribution >= 0.6 is 15.9 Å². The maximum atomic E-state index is 8.94. The summed E-state index contributed by atoms with van der Waals surface area (Å²) in [5.74, 6) is 0. The molecule has 0 saturated heterocycles. The average Bonchev–Trinajstić information content (AvgIpc) is 2.64. The Morgan fingerprint density at radius 3 is 3.07 bits per heavy atom. The third-order valence-corrected chi connectivity index (χ3v) is 2.77. The van der Waals surface area contributed by atoms with Crippen LogP contribution in [0.4, 0.5) is 0 Å². The number of halogens is 1. The molecule has 0 aliphatic heterocycles. The van der Waals surface area contributed by atoms with E-state index in [4.69, 9.17) is 10.8 Å². The van der Waals surface area contributed by atoms with E-state index in [1.807, 2.05) is 12.1 Å². The number of nitrogens with zero attached hydrogens (tertiary/aromatic N) is 1. The molecule has 74 valence electrons. The molecule has 1 unspecified atom stereocenters. The summed E-state index contributed by atoms with van der Waals surface area (Å²) < 4.78 is 0.909. The van der Waals surface area contributed by atoms with Crippen LogP contribution < -0.4 is 5.73 Å². The summed E-state index contributed by atoms with van der Waals surface area (Å²) in [6.07, 6.45) is 1.73. The van der Waals surface area contributed by atoms with E-state index in [2.05, 4.69) is 26.1 Å². The van der Waals surface area contributed by atoms with Gasteiger partial charge in [-0.2, -0.15) is 5.10 Å². The number of H-pyrrole nitrogens is 1. The number of hydrogen-bond acceptors (Lipinski definition) is 3. The van der Waals surface area contributed by atoms with Gasteiger partial charge in [-0.15, -0.1) is 0 Å². The van der Waals surface area contributed by atoms with E-state index >= 15 is 0 Å². The Labute approximate surface area is 89.2 Å². The van der Waals surface area contributed by atoms with Crippen LogP contribution in [0, 0.1) is 0 Å². The zero-order valence-corrected chi connectivity index (χ0v) is 8.95. The molecule has 0 amide bonds. The molecule has 2 aromatic rings.